The Morgan fingerprint density at radius 2 is 1.66 bits per heavy atom. The zero-order valence-electron chi connectivity index (χ0n) is 22.2. The van der Waals surface area contributed by atoms with Gasteiger partial charge < -0.3 is 26.2 Å². The summed E-state index contributed by atoms with van der Waals surface area (Å²) in [5.74, 6) is -2.18. The number of rotatable bonds is 9. The second-order valence-electron chi connectivity index (χ2n) is 9.79. The normalized spacial score (nSPS) is 12.4. The van der Waals surface area contributed by atoms with E-state index in [1.165, 1.54) is 24.3 Å². The second kappa shape index (κ2) is 12.6. The number of aryl methyl sites for hydroxylation is 2. The number of anilines is 1. The van der Waals surface area contributed by atoms with Crippen molar-refractivity contribution in [2.24, 2.45) is 5.73 Å². The van der Waals surface area contributed by atoms with Crippen LogP contribution < -0.4 is 16.4 Å². The molecule has 2 aromatic carbocycles. The van der Waals surface area contributed by atoms with Crippen molar-refractivity contribution in [3.63, 3.8) is 0 Å². The lowest BCUT2D eigenvalue weighted by molar-refractivity contribution is -0.137. The fourth-order valence-electron chi connectivity index (χ4n) is 3.70. The second-order valence-corrected chi connectivity index (χ2v) is 9.79. The molecule has 5 N–H and O–H groups in total. The number of ether oxygens (including phenoxy) is 1. The molecule has 10 heteroatoms. The highest BCUT2D eigenvalue weighted by molar-refractivity contribution is 6.00. The lowest BCUT2D eigenvalue weighted by atomic mass is 10.0. The van der Waals surface area contributed by atoms with Crippen molar-refractivity contribution in [2.75, 3.05) is 5.32 Å². The molecule has 0 radical (unpaired) electrons. The number of primary amides is 1. The number of nitrogens with two attached hydrogens (primary N) is 1. The number of phenolic OH excluding ortho intramolecular Hbond substituents is 1. The summed E-state index contributed by atoms with van der Waals surface area (Å²) >= 11 is 0. The number of benzene rings is 2. The molecule has 10 nitrogen and oxygen atoms in total. The number of aromatic hydroxyl groups is 1. The summed E-state index contributed by atoms with van der Waals surface area (Å²) in [5, 5.41) is 15.0. The lowest BCUT2D eigenvalue weighted by Gasteiger charge is -2.30. The van der Waals surface area contributed by atoms with E-state index in [-0.39, 0.29) is 18.6 Å². The molecule has 2 atom stereocenters. The molecule has 2 aromatic rings. The van der Waals surface area contributed by atoms with Gasteiger partial charge in [-0.15, -0.1) is 0 Å². The fourth-order valence-corrected chi connectivity index (χ4v) is 3.70. The van der Waals surface area contributed by atoms with Gasteiger partial charge in [-0.05, 0) is 69.9 Å². The molecule has 0 saturated heterocycles. The topological polar surface area (TPSA) is 151 Å². The van der Waals surface area contributed by atoms with Crippen LogP contribution in [0.15, 0.2) is 42.5 Å². The van der Waals surface area contributed by atoms with Crippen LogP contribution in [0, 0.1) is 26.3 Å². The highest BCUT2D eigenvalue weighted by Crippen LogP contribution is 2.28. The Balaban J connectivity index is 2.50. The minimum atomic E-state index is -1.34. The molecule has 0 heterocycles. The number of para-hydroxylation sites is 1. The summed E-state index contributed by atoms with van der Waals surface area (Å²) in [6.45, 7) is 8.61. The van der Waals surface area contributed by atoms with Gasteiger partial charge in [-0.25, -0.2) is 4.79 Å². The number of carbonyl (C=O) groups is 4. The molecule has 0 aliphatic carbocycles. The number of nitrogens with zero attached hydrogens (tertiary/aromatic N) is 1. The maximum absolute atomic E-state index is 13.7. The van der Waals surface area contributed by atoms with Crippen LogP contribution in [0.5, 0.6) is 5.75 Å². The molecule has 0 aliphatic rings. The van der Waals surface area contributed by atoms with Gasteiger partial charge in [-0.2, -0.15) is 0 Å². The Morgan fingerprint density at radius 1 is 1.08 bits per heavy atom. The maximum Gasteiger partial charge on any atom is 0.408 e. The zero-order valence-corrected chi connectivity index (χ0v) is 22.2. The van der Waals surface area contributed by atoms with Gasteiger partial charge in [0.05, 0.1) is 0 Å². The van der Waals surface area contributed by atoms with Crippen LogP contribution in [-0.2, 0) is 19.1 Å². The smallest absolute Gasteiger partial charge is 0.408 e. The molecule has 0 saturated carbocycles. The van der Waals surface area contributed by atoms with Crippen LogP contribution in [-0.4, -0.2) is 45.5 Å². The van der Waals surface area contributed by atoms with Gasteiger partial charge in [-0.1, -0.05) is 36.8 Å². The van der Waals surface area contributed by atoms with Crippen LogP contribution in [0.3, 0.4) is 0 Å². The van der Waals surface area contributed by atoms with Crippen LogP contribution in [0.25, 0.3) is 0 Å². The molecule has 38 heavy (non-hydrogen) atoms. The highest BCUT2D eigenvalue weighted by Gasteiger charge is 2.36. The average molecular weight is 523 g/mol. The number of nitrogens with one attached hydrogen (secondary N) is 2. The molecule has 2 unspecified atom stereocenters. The molecule has 4 amide bonds. The molecular formula is C28H34N4O6. The van der Waals surface area contributed by atoms with E-state index >= 15 is 0 Å². The summed E-state index contributed by atoms with van der Waals surface area (Å²) in [6.07, 6.45) is 4.44. The van der Waals surface area contributed by atoms with E-state index in [0.717, 1.165) is 16.0 Å². The van der Waals surface area contributed by atoms with Crippen molar-refractivity contribution in [3.05, 3.63) is 59.2 Å². The highest BCUT2D eigenvalue weighted by atomic mass is 16.6. The number of hydrogen-bond donors (Lipinski definition) is 4. The molecule has 0 aliphatic heterocycles. The standard InChI is InChI=1S/C28H34N4O6/c1-7-32(26(36)21(15-16-22(29)34)30-27(37)38-28(4,5)6)24(19-11-13-20(33)14-12-19)25(35)31-23-17(2)9-8-10-18(23)3/h1,8-14,21,24,33H,15-16H2,2-6H3,(H2,29,34)(H,30,37)(H,31,35). The molecule has 0 fully saturated rings. The Kier molecular flexibility index (Phi) is 9.88. The van der Waals surface area contributed by atoms with Crippen molar-refractivity contribution < 1.29 is 29.0 Å². The largest absolute Gasteiger partial charge is 0.508 e. The van der Waals surface area contributed by atoms with Crippen molar-refractivity contribution in [1.29, 1.82) is 0 Å². The molecule has 2 rings (SSSR count). The fraction of sp³-hybridized carbons (Fsp3) is 0.357. The molecule has 0 spiro atoms. The maximum atomic E-state index is 13.7. The first-order valence-corrected chi connectivity index (χ1v) is 12.0. The monoisotopic (exact) mass is 522 g/mol. The molecule has 0 aromatic heterocycles. The van der Waals surface area contributed by atoms with E-state index in [2.05, 4.69) is 16.7 Å². The first-order valence-electron chi connectivity index (χ1n) is 12.0. The van der Waals surface area contributed by atoms with Crippen molar-refractivity contribution >= 4 is 29.5 Å². The van der Waals surface area contributed by atoms with E-state index in [1.54, 1.807) is 20.8 Å². The Labute approximate surface area is 222 Å². The van der Waals surface area contributed by atoms with Crippen LogP contribution in [0.1, 0.15) is 56.3 Å². The van der Waals surface area contributed by atoms with E-state index < -0.39 is 41.5 Å². The van der Waals surface area contributed by atoms with Gasteiger partial charge in [0, 0.05) is 18.2 Å². The van der Waals surface area contributed by atoms with E-state index in [4.69, 9.17) is 16.9 Å². The third-order valence-corrected chi connectivity index (χ3v) is 5.49. The number of carbonyl (C=O) groups excluding carboxylic acids is 4. The van der Waals surface area contributed by atoms with Crippen LogP contribution in [0.2, 0.25) is 0 Å². The molecule has 202 valence electrons. The Morgan fingerprint density at radius 3 is 2.16 bits per heavy atom. The van der Waals surface area contributed by atoms with Gasteiger partial charge in [0.2, 0.25) is 5.91 Å². The van der Waals surface area contributed by atoms with Crippen LogP contribution >= 0.6 is 0 Å². The minimum absolute atomic E-state index is 0.0489. The zero-order chi connectivity index (χ0) is 28.6. The predicted octanol–water partition coefficient (Wildman–Crippen LogP) is 3.27. The van der Waals surface area contributed by atoms with E-state index in [0.29, 0.717) is 11.3 Å². The van der Waals surface area contributed by atoms with E-state index in [9.17, 15) is 24.3 Å². The third-order valence-electron chi connectivity index (χ3n) is 5.49. The quantitative estimate of drug-likeness (QED) is 0.293. The summed E-state index contributed by atoms with van der Waals surface area (Å²) < 4.78 is 5.25. The van der Waals surface area contributed by atoms with Crippen molar-refractivity contribution in [1.82, 2.24) is 10.2 Å². The third kappa shape index (κ3) is 8.27. The van der Waals surface area contributed by atoms with Gasteiger partial charge >= 0.3 is 6.09 Å². The number of phenols is 1. The first kappa shape index (κ1) is 29.7. The van der Waals surface area contributed by atoms with E-state index in [1.807, 2.05) is 32.0 Å². The molecule has 0 bridgehead atoms. The average Bonchev–Trinajstić information content (AvgIpc) is 2.81. The summed E-state index contributed by atoms with van der Waals surface area (Å²) in [6, 6.07) is 10.7. The Bertz CT molecular complexity index is 1210. The van der Waals surface area contributed by atoms with Gasteiger partial charge in [0.15, 0.2) is 0 Å². The number of amides is 4. The predicted molar refractivity (Wildman–Crippen MR) is 143 cm³/mol. The van der Waals surface area contributed by atoms with Crippen LogP contribution in [0.4, 0.5) is 10.5 Å². The minimum Gasteiger partial charge on any atom is -0.508 e. The Hall–Kier alpha value is -4.52. The van der Waals surface area contributed by atoms with Gasteiger partial charge in [0.25, 0.3) is 11.8 Å². The summed E-state index contributed by atoms with van der Waals surface area (Å²) in [4.78, 5) is 52.1. The number of terminal acetylenes is 1. The van der Waals surface area contributed by atoms with Gasteiger partial charge in [0.1, 0.15) is 23.4 Å². The summed E-state index contributed by atoms with van der Waals surface area (Å²) in [7, 11) is 0. The SMILES string of the molecule is C#CN(C(=O)C(CCC(N)=O)NC(=O)OC(C)(C)C)C(C(=O)Nc1c(C)cccc1C)c1ccc(O)cc1. The van der Waals surface area contributed by atoms with Crippen molar-refractivity contribution in [2.45, 2.75) is 65.1 Å². The van der Waals surface area contributed by atoms with Gasteiger partial charge in [-0.3, -0.25) is 19.3 Å². The molecular weight excluding hydrogens is 488 g/mol. The number of hydrogen-bond acceptors (Lipinski definition) is 6. The van der Waals surface area contributed by atoms with Crippen molar-refractivity contribution in [3.8, 4) is 18.2 Å². The summed E-state index contributed by atoms with van der Waals surface area (Å²) in [5.41, 5.74) is 6.88. The first-order chi connectivity index (χ1) is 17.7. The lowest BCUT2D eigenvalue weighted by Crippen LogP contribution is -2.51. The number of alkyl carbamates (subject to hydrolysis) is 1.